The molecule has 0 radical (unpaired) electrons. The van der Waals surface area contributed by atoms with E-state index in [2.05, 4.69) is 25.9 Å². The van der Waals surface area contributed by atoms with Crippen LogP contribution in [0.5, 0.6) is 0 Å². The highest BCUT2D eigenvalue weighted by molar-refractivity contribution is 5.20. The molecular formula is C13H22N2O2. The van der Waals surface area contributed by atoms with Gasteiger partial charge in [0.25, 0.3) is 0 Å². The molecule has 1 N–H and O–H groups in total. The summed E-state index contributed by atoms with van der Waals surface area (Å²) in [5.74, 6) is 0.475. The van der Waals surface area contributed by atoms with Crippen molar-refractivity contribution in [2.75, 3.05) is 6.61 Å². The van der Waals surface area contributed by atoms with Gasteiger partial charge in [0.05, 0.1) is 24.1 Å². The summed E-state index contributed by atoms with van der Waals surface area (Å²) in [6.07, 6.45) is 1.89. The Morgan fingerprint density at radius 1 is 1.53 bits per heavy atom. The second-order valence-corrected chi connectivity index (χ2v) is 5.57. The molecule has 4 heteroatoms. The monoisotopic (exact) mass is 238 g/mol. The number of nitrogens with zero attached hydrogens (tertiary/aromatic N) is 2. The van der Waals surface area contributed by atoms with Crippen molar-refractivity contribution < 1.29 is 9.84 Å². The zero-order valence-electron chi connectivity index (χ0n) is 11.3. The second kappa shape index (κ2) is 4.10. The third-order valence-corrected chi connectivity index (χ3v) is 4.25. The maximum atomic E-state index is 10.2. The smallest absolute Gasteiger partial charge is 0.102 e. The number of ether oxygens (including phenoxy) is 1. The molecule has 1 aromatic rings. The lowest BCUT2D eigenvalue weighted by atomic mass is 9.76. The molecule has 4 atom stereocenters. The molecule has 1 aliphatic heterocycles. The van der Waals surface area contributed by atoms with Gasteiger partial charge in [-0.3, -0.25) is 4.68 Å². The first-order valence-corrected chi connectivity index (χ1v) is 6.17. The van der Waals surface area contributed by atoms with E-state index >= 15 is 0 Å². The lowest BCUT2D eigenvalue weighted by Crippen LogP contribution is -2.48. The molecule has 0 aromatic carbocycles. The summed E-state index contributed by atoms with van der Waals surface area (Å²) in [6.45, 7) is 8.51. The Hall–Kier alpha value is -0.870. The van der Waals surface area contributed by atoms with Gasteiger partial charge in [0, 0.05) is 7.05 Å². The fourth-order valence-corrected chi connectivity index (χ4v) is 2.66. The molecule has 2 heterocycles. The van der Waals surface area contributed by atoms with Crippen LogP contribution < -0.4 is 0 Å². The van der Waals surface area contributed by atoms with E-state index in [9.17, 15) is 5.11 Å². The number of hydrogen-bond acceptors (Lipinski definition) is 3. The van der Waals surface area contributed by atoms with Gasteiger partial charge in [0.2, 0.25) is 0 Å². The fraction of sp³-hybridized carbons (Fsp3) is 0.769. The Morgan fingerprint density at radius 3 is 2.71 bits per heavy atom. The van der Waals surface area contributed by atoms with Crippen LogP contribution in [0.3, 0.4) is 0 Å². The fourth-order valence-electron chi connectivity index (χ4n) is 2.66. The van der Waals surface area contributed by atoms with Crippen molar-refractivity contribution in [2.24, 2.45) is 18.9 Å². The highest BCUT2D eigenvalue weighted by Crippen LogP contribution is 2.41. The van der Waals surface area contributed by atoms with E-state index in [-0.39, 0.29) is 17.9 Å². The average molecular weight is 238 g/mol. The van der Waals surface area contributed by atoms with Gasteiger partial charge in [-0.15, -0.1) is 0 Å². The summed E-state index contributed by atoms with van der Waals surface area (Å²) in [7, 11) is 1.94. The largest absolute Gasteiger partial charge is 0.387 e. The van der Waals surface area contributed by atoms with E-state index in [1.54, 1.807) is 0 Å². The molecule has 0 aliphatic carbocycles. The summed E-state index contributed by atoms with van der Waals surface area (Å²) in [6, 6.07) is 0. The van der Waals surface area contributed by atoms with Crippen LogP contribution in [0.2, 0.25) is 0 Å². The van der Waals surface area contributed by atoms with E-state index in [4.69, 9.17) is 4.74 Å². The van der Waals surface area contributed by atoms with Crippen molar-refractivity contribution in [2.45, 2.75) is 39.4 Å². The molecule has 96 valence electrons. The summed E-state index contributed by atoms with van der Waals surface area (Å²) >= 11 is 0. The number of aromatic nitrogens is 2. The molecule has 1 aliphatic rings. The van der Waals surface area contributed by atoms with Gasteiger partial charge in [-0.1, -0.05) is 13.8 Å². The van der Waals surface area contributed by atoms with Gasteiger partial charge < -0.3 is 9.84 Å². The van der Waals surface area contributed by atoms with E-state index in [1.165, 1.54) is 0 Å². The Balaban J connectivity index is 2.31. The van der Waals surface area contributed by atoms with Crippen LogP contribution in [0.4, 0.5) is 0 Å². The first-order chi connectivity index (χ1) is 7.84. The predicted octanol–water partition coefficient (Wildman–Crippen LogP) is 1.82. The van der Waals surface area contributed by atoms with Crippen molar-refractivity contribution in [1.29, 1.82) is 0 Å². The van der Waals surface area contributed by atoms with Gasteiger partial charge in [-0.05, 0) is 31.2 Å². The van der Waals surface area contributed by atoms with Crippen LogP contribution >= 0.6 is 0 Å². The van der Waals surface area contributed by atoms with Crippen LogP contribution in [-0.4, -0.2) is 27.1 Å². The van der Waals surface area contributed by atoms with Crippen molar-refractivity contribution in [3.8, 4) is 0 Å². The average Bonchev–Trinajstić information content (AvgIpc) is 2.57. The molecule has 0 saturated carbocycles. The Morgan fingerprint density at radius 2 is 2.18 bits per heavy atom. The lowest BCUT2D eigenvalue weighted by molar-refractivity contribution is -0.172. The van der Waals surface area contributed by atoms with Crippen molar-refractivity contribution in [1.82, 2.24) is 9.78 Å². The van der Waals surface area contributed by atoms with Gasteiger partial charge >= 0.3 is 0 Å². The van der Waals surface area contributed by atoms with Crippen LogP contribution in [0.15, 0.2) is 6.20 Å². The first kappa shape index (κ1) is 12.6. The minimum absolute atomic E-state index is 0.0257. The Labute approximate surface area is 103 Å². The topological polar surface area (TPSA) is 47.3 Å². The van der Waals surface area contributed by atoms with Gasteiger partial charge in [0.1, 0.15) is 6.10 Å². The van der Waals surface area contributed by atoms with E-state index in [1.807, 2.05) is 24.9 Å². The normalized spacial score (nSPS) is 38.4. The minimum Gasteiger partial charge on any atom is -0.387 e. The zero-order chi connectivity index (χ0) is 12.8. The molecular weight excluding hydrogens is 216 g/mol. The van der Waals surface area contributed by atoms with Crippen LogP contribution in [-0.2, 0) is 11.8 Å². The van der Waals surface area contributed by atoms with E-state index in [0.29, 0.717) is 6.61 Å². The molecule has 0 spiro atoms. The standard InChI is InChI=1S/C13H22N2O2/c1-8-6-14-15(5)11(8)12-9(2)10(3)13(4,16)7-17-12/h6,9-10,12,16H,7H2,1-5H3. The molecule has 0 amide bonds. The minimum atomic E-state index is -0.734. The predicted molar refractivity (Wildman–Crippen MR) is 65.6 cm³/mol. The quantitative estimate of drug-likeness (QED) is 0.812. The van der Waals surface area contributed by atoms with Crippen LogP contribution in [0, 0.1) is 18.8 Å². The SMILES string of the molecule is Cc1cnn(C)c1C1OCC(C)(O)C(C)C1C. The molecule has 4 unspecified atom stereocenters. The number of aryl methyl sites for hydroxylation is 2. The third kappa shape index (κ3) is 2.00. The van der Waals surface area contributed by atoms with Gasteiger partial charge in [0.15, 0.2) is 0 Å². The molecule has 17 heavy (non-hydrogen) atoms. The van der Waals surface area contributed by atoms with Crippen LogP contribution in [0.25, 0.3) is 0 Å². The molecule has 1 aromatic heterocycles. The van der Waals surface area contributed by atoms with Crippen molar-refractivity contribution in [3.63, 3.8) is 0 Å². The number of rotatable bonds is 1. The third-order valence-electron chi connectivity index (χ3n) is 4.25. The summed E-state index contributed by atoms with van der Waals surface area (Å²) in [5, 5.41) is 14.5. The molecule has 1 saturated heterocycles. The van der Waals surface area contributed by atoms with Crippen molar-refractivity contribution in [3.05, 3.63) is 17.5 Å². The first-order valence-electron chi connectivity index (χ1n) is 6.17. The maximum Gasteiger partial charge on any atom is 0.102 e. The lowest BCUT2D eigenvalue weighted by Gasteiger charge is -2.44. The number of hydrogen-bond donors (Lipinski definition) is 1. The highest BCUT2D eigenvalue weighted by atomic mass is 16.5. The zero-order valence-corrected chi connectivity index (χ0v) is 11.3. The van der Waals surface area contributed by atoms with Crippen molar-refractivity contribution >= 4 is 0 Å². The second-order valence-electron chi connectivity index (χ2n) is 5.57. The Bertz CT molecular complexity index is 392. The van der Waals surface area contributed by atoms with E-state index in [0.717, 1.165) is 11.3 Å². The summed E-state index contributed by atoms with van der Waals surface area (Å²) < 4.78 is 7.75. The molecule has 0 bridgehead atoms. The Kier molecular flexibility index (Phi) is 3.04. The van der Waals surface area contributed by atoms with E-state index < -0.39 is 5.60 Å². The maximum absolute atomic E-state index is 10.2. The van der Waals surface area contributed by atoms with Gasteiger partial charge in [-0.25, -0.2) is 0 Å². The molecule has 2 rings (SSSR count). The van der Waals surface area contributed by atoms with Gasteiger partial charge in [-0.2, -0.15) is 5.10 Å². The summed E-state index contributed by atoms with van der Waals surface area (Å²) in [5.41, 5.74) is 1.54. The molecule has 1 fully saturated rings. The highest BCUT2D eigenvalue weighted by Gasteiger charge is 2.43. The van der Waals surface area contributed by atoms with Crippen LogP contribution in [0.1, 0.15) is 38.1 Å². The summed E-state index contributed by atoms with van der Waals surface area (Å²) in [4.78, 5) is 0. The molecule has 4 nitrogen and oxygen atoms in total. The number of aliphatic hydroxyl groups is 1.